The third-order valence-electron chi connectivity index (χ3n) is 6.54. The fourth-order valence-corrected chi connectivity index (χ4v) is 4.88. The molecule has 2 aromatic rings. The van der Waals surface area contributed by atoms with Crippen LogP contribution in [-0.4, -0.2) is 84.7 Å². The number of aliphatic hydroxyl groups is 4. The Balaban J connectivity index is 1.68. The third-order valence-corrected chi connectivity index (χ3v) is 7.52. The van der Waals surface area contributed by atoms with Gasteiger partial charge >= 0.3 is 15.6 Å². The van der Waals surface area contributed by atoms with Crippen molar-refractivity contribution >= 4 is 10.1 Å². The molecule has 40 heavy (non-hydrogen) atoms. The van der Waals surface area contributed by atoms with Crippen molar-refractivity contribution in [2.75, 3.05) is 19.8 Å². The van der Waals surface area contributed by atoms with Crippen molar-refractivity contribution in [2.45, 2.75) is 55.0 Å². The molecular weight excluding hydrogens is 563 g/mol. The molecule has 0 spiro atoms. The molecule has 0 saturated carbocycles. The van der Waals surface area contributed by atoms with E-state index in [0.29, 0.717) is 24.2 Å². The first-order valence-corrected chi connectivity index (χ1v) is 13.5. The molecule has 2 aliphatic heterocycles. The molecule has 0 amide bonds. The monoisotopic (exact) mass is 589 g/mol. The highest BCUT2D eigenvalue weighted by molar-refractivity contribution is 7.88. The standard InChI is InChI=1S/C25H26F3NO10S/c26-25(27,28)40(34,35)39-16-3-1-13(2-4-16)7-14-8-18(24-23(33)22(32)21(31)20(11-30)38-24)19(9-15(14)10-29)37-17-5-6-36-12-17/h1-4,8-9,17,20-24,30-33H,5-7,11-12H2/t17-,20-,21-,22+,23-,24+/m1/s1. The zero-order chi connectivity index (χ0) is 29.2. The first kappa shape index (κ1) is 30.0. The number of nitriles is 1. The van der Waals surface area contributed by atoms with E-state index in [2.05, 4.69) is 4.18 Å². The van der Waals surface area contributed by atoms with Crippen LogP contribution in [-0.2, 0) is 26.0 Å². The molecule has 11 nitrogen and oxygen atoms in total. The number of halogens is 3. The maximum absolute atomic E-state index is 12.6. The van der Waals surface area contributed by atoms with Gasteiger partial charge in [-0.25, -0.2) is 0 Å². The number of nitrogens with zero attached hydrogens (tertiary/aromatic N) is 1. The van der Waals surface area contributed by atoms with E-state index in [1.165, 1.54) is 24.3 Å². The van der Waals surface area contributed by atoms with E-state index in [-0.39, 0.29) is 36.0 Å². The van der Waals surface area contributed by atoms with Crippen LogP contribution in [0, 0.1) is 11.3 Å². The van der Waals surface area contributed by atoms with Gasteiger partial charge in [-0.15, -0.1) is 0 Å². The number of hydrogen-bond acceptors (Lipinski definition) is 11. The van der Waals surface area contributed by atoms with Crippen LogP contribution in [0.25, 0.3) is 0 Å². The minimum Gasteiger partial charge on any atom is -0.487 e. The first-order chi connectivity index (χ1) is 18.8. The van der Waals surface area contributed by atoms with Crippen LogP contribution in [0.15, 0.2) is 36.4 Å². The maximum atomic E-state index is 12.6. The summed E-state index contributed by atoms with van der Waals surface area (Å²) in [7, 11) is -5.85. The lowest BCUT2D eigenvalue weighted by atomic mass is 9.88. The Morgan fingerprint density at radius 3 is 2.35 bits per heavy atom. The van der Waals surface area contributed by atoms with Gasteiger partial charge in [-0.2, -0.15) is 26.9 Å². The van der Waals surface area contributed by atoms with Gasteiger partial charge in [-0.3, -0.25) is 0 Å². The Bertz CT molecular complexity index is 1340. The molecule has 4 N–H and O–H groups in total. The molecule has 218 valence electrons. The van der Waals surface area contributed by atoms with E-state index in [0.717, 1.165) is 12.1 Å². The zero-order valence-corrected chi connectivity index (χ0v) is 21.5. The molecule has 0 radical (unpaired) electrons. The van der Waals surface area contributed by atoms with Crippen molar-refractivity contribution in [1.29, 1.82) is 5.26 Å². The van der Waals surface area contributed by atoms with E-state index >= 15 is 0 Å². The minimum absolute atomic E-state index is 0.0342. The second kappa shape index (κ2) is 11.9. The van der Waals surface area contributed by atoms with E-state index in [1.807, 2.05) is 6.07 Å². The fraction of sp³-hybridized carbons (Fsp3) is 0.480. The Labute approximate surface area is 227 Å². The lowest BCUT2D eigenvalue weighted by molar-refractivity contribution is -0.232. The SMILES string of the molecule is N#Cc1cc(O[C@@H]2CCOC2)c([C@@H]2O[C@H](CO)[C@@H](O)[C@H](O)[C@H]2O)cc1Cc1ccc(OS(=O)(=O)C(F)(F)F)cc1. The summed E-state index contributed by atoms with van der Waals surface area (Å²) in [6, 6.07) is 9.64. The summed E-state index contributed by atoms with van der Waals surface area (Å²) in [5.41, 5.74) is -4.38. The van der Waals surface area contributed by atoms with E-state index in [4.69, 9.17) is 14.2 Å². The summed E-state index contributed by atoms with van der Waals surface area (Å²) < 4.78 is 81.5. The summed E-state index contributed by atoms with van der Waals surface area (Å²) in [6.07, 6.45) is -7.16. The normalized spacial score (nSPS) is 27.2. The molecule has 0 bridgehead atoms. The highest BCUT2D eigenvalue weighted by atomic mass is 32.2. The van der Waals surface area contributed by atoms with Crippen molar-refractivity contribution in [3.63, 3.8) is 0 Å². The van der Waals surface area contributed by atoms with Crippen LogP contribution in [0.5, 0.6) is 11.5 Å². The molecule has 0 unspecified atom stereocenters. The molecule has 2 aromatic carbocycles. The summed E-state index contributed by atoms with van der Waals surface area (Å²) >= 11 is 0. The number of alkyl halides is 3. The summed E-state index contributed by atoms with van der Waals surface area (Å²) in [5, 5.41) is 50.7. The number of benzene rings is 2. The van der Waals surface area contributed by atoms with Gasteiger partial charge in [-0.1, -0.05) is 12.1 Å². The number of ether oxygens (including phenoxy) is 3. The lowest BCUT2D eigenvalue weighted by Gasteiger charge is -2.40. The van der Waals surface area contributed by atoms with Crippen molar-refractivity contribution in [2.24, 2.45) is 0 Å². The van der Waals surface area contributed by atoms with Gasteiger partial charge in [0, 0.05) is 12.0 Å². The van der Waals surface area contributed by atoms with E-state index in [1.54, 1.807) is 0 Å². The van der Waals surface area contributed by atoms with Gasteiger partial charge in [0.2, 0.25) is 0 Å². The predicted octanol–water partition coefficient (Wildman–Crippen LogP) is 1.06. The summed E-state index contributed by atoms with van der Waals surface area (Å²) in [5.74, 6) is -0.410. The first-order valence-electron chi connectivity index (χ1n) is 12.1. The Morgan fingerprint density at radius 1 is 1.07 bits per heavy atom. The number of aliphatic hydroxyl groups excluding tert-OH is 4. The van der Waals surface area contributed by atoms with Crippen molar-refractivity contribution in [3.8, 4) is 17.6 Å². The van der Waals surface area contributed by atoms with Crippen LogP contribution in [0.3, 0.4) is 0 Å². The van der Waals surface area contributed by atoms with Gasteiger partial charge in [0.1, 0.15) is 48.1 Å². The quantitative estimate of drug-likeness (QED) is 0.256. The molecule has 2 aliphatic rings. The van der Waals surface area contributed by atoms with Crippen LogP contribution in [0.1, 0.15) is 34.8 Å². The largest absolute Gasteiger partial charge is 0.534 e. The smallest absolute Gasteiger partial charge is 0.487 e. The average molecular weight is 590 g/mol. The second-order valence-corrected chi connectivity index (χ2v) is 10.9. The van der Waals surface area contributed by atoms with Crippen LogP contribution in [0.2, 0.25) is 0 Å². The van der Waals surface area contributed by atoms with Crippen LogP contribution >= 0.6 is 0 Å². The van der Waals surface area contributed by atoms with Crippen LogP contribution in [0.4, 0.5) is 13.2 Å². The molecule has 2 heterocycles. The van der Waals surface area contributed by atoms with Crippen molar-refractivity contribution in [1.82, 2.24) is 0 Å². The van der Waals surface area contributed by atoms with Gasteiger partial charge in [-0.05, 0) is 41.8 Å². The zero-order valence-electron chi connectivity index (χ0n) is 20.7. The highest BCUT2D eigenvalue weighted by Crippen LogP contribution is 2.40. The Morgan fingerprint density at radius 2 is 1.77 bits per heavy atom. The van der Waals surface area contributed by atoms with Gasteiger partial charge < -0.3 is 38.8 Å². The Kier molecular flexibility index (Phi) is 8.90. The molecule has 2 saturated heterocycles. The molecule has 15 heteroatoms. The second-order valence-electron chi connectivity index (χ2n) is 9.32. The van der Waals surface area contributed by atoms with Gasteiger partial charge in [0.05, 0.1) is 31.5 Å². The molecule has 0 aliphatic carbocycles. The topological polar surface area (TPSA) is 176 Å². The van der Waals surface area contributed by atoms with Crippen molar-refractivity contribution < 1.29 is 60.4 Å². The van der Waals surface area contributed by atoms with Crippen LogP contribution < -0.4 is 8.92 Å². The molecule has 2 fully saturated rings. The number of rotatable bonds is 8. The molecule has 4 rings (SSSR count). The number of hydrogen-bond donors (Lipinski definition) is 4. The average Bonchev–Trinajstić information content (AvgIpc) is 3.42. The maximum Gasteiger partial charge on any atom is 0.534 e. The summed E-state index contributed by atoms with van der Waals surface area (Å²) in [6.45, 7) is 0.0686. The Hall–Kier alpha value is -2.97. The molecule has 6 atom stereocenters. The fourth-order valence-electron chi connectivity index (χ4n) is 4.42. The lowest BCUT2D eigenvalue weighted by Crippen LogP contribution is -2.55. The van der Waals surface area contributed by atoms with Gasteiger partial charge in [0.15, 0.2) is 0 Å². The molecular formula is C25H26F3NO10S. The minimum atomic E-state index is -5.85. The highest BCUT2D eigenvalue weighted by Gasteiger charge is 2.48. The third kappa shape index (κ3) is 6.33. The van der Waals surface area contributed by atoms with Gasteiger partial charge in [0.25, 0.3) is 0 Å². The van der Waals surface area contributed by atoms with E-state index in [9.17, 15) is 47.3 Å². The van der Waals surface area contributed by atoms with Crippen molar-refractivity contribution in [3.05, 3.63) is 58.7 Å². The molecule has 0 aromatic heterocycles. The van der Waals surface area contributed by atoms with E-state index < -0.39 is 58.5 Å². The summed E-state index contributed by atoms with van der Waals surface area (Å²) in [4.78, 5) is 0. The predicted molar refractivity (Wildman–Crippen MR) is 129 cm³/mol.